The molecule has 0 amide bonds. The zero-order chi connectivity index (χ0) is 25.0. The van der Waals surface area contributed by atoms with Gasteiger partial charge < -0.3 is 80.7 Å². The van der Waals surface area contributed by atoms with E-state index in [1.54, 1.807) is 0 Å². The van der Waals surface area contributed by atoms with Gasteiger partial charge in [-0.15, -0.1) is 0 Å². The molecule has 0 aromatic heterocycles. The molecule has 41 heavy (non-hydrogen) atoms. The summed E-state index contributed by atoms with van der Waals surface area (Å²) in [4.78, 5) is 30.5. The van der Waals surface area contributed by atoms with Crippen LogP contribution in [-0.2, 0) is 14.4 Å². The summed E-state index contributed by atoms with van der Waals surface area (Å²) in [6.45, 7) is 0. The molecule has 0 atom stereocenters. The van der Waals surface area contributed by atoms with Gasteiger partial charge >= 0.3 is 373 Å². The third kappa shape index (κ3) is 170. The normalized spacial score (nSPS) is 6.07. The molecule has 0 aliphatic heterocycles. The van der Waals surface area contributed by atoms with Crippen molar-refractivity contribution in [1.29, 1.82) is 0 Å². The van der Waals surface area contributed by atoms with E-state index >= 15 is 0 Å². The summed E-state index contributed by atoms with van der Waals surface area (Å²) in [5.74, 6) is -5.02. The molecule has 0 heterocycles. The molecule has 0 aliphatic rings. The molecule has 35 heteroatoms. The maximum atomic E-state index is 10.3. The molecule has 0 aliphatic carbocycles. The first-order valence-corrected chi connectivity index (χ1v) is 6.00. The van der Waals surface area contributed by atoms with Crippen molar-refractivity contribution in [2.45, 2.75) is 18.4 Å². The van der Waals surface area contributed by atoms with Crippen LogP contribution in [0.15, 0.2) is 0 Å². The molecule has 0 saturated carbocycles. The molecule has 0 aromatic rings. The predicted octanol–water partition coefficient (Wildman–Crippen LogP) is -53.0. The van der Waals surface area contributed by atoms with Crippen molar-refractivity contribution in [3.63, 3.8) is 0 Å². The number of carbonyl (C=O) groups is 3. The van der Waals surface area contributed by atoms with Crippen molar-refractivity contribution in [3.8, 4) is 0 Å². The van der Waals surface area contributed by atoms with Gasteiger partial charge in [-0.2, -0.15) is 0 Å². The van der Waals surface area contributed by atoms with Crippen molar-refractivity contribution in [2.24, 2.45) is 0 Å². The van der Waals surface area contributed by atoms with Crippen LogP contribution in [0.4, 0.5) is 0 Å². The Kier molecular flexibility index (Phi) is 213. The first-order valence-electron chi connectivity index (χ1n) is 6.00. The Balaban J connectivity index is -0.0000000120. The van der Waals surface area contributed by atoms with E-state index in [4.69, 9.17) is 80.7 Å². The van der Waals surface area contributed by atoms with Gasteiger partial charge in [-0.1, -0.05) is 0 Å². The van der Waals surface area contributed by atoms with Gasteiger partial charge in [-0.25, -0.2) is 4.79 Å². The largest absolute Gasteiger partial charge is 1.00 e. The second kappa shape index (κ2) is 79.0. The average Bonchev–Trinajstić information content (AvgIpc) is 2.32. The minimum Gasteiger partial charge on any atom is -0.907 e. The topological polar surface area (TPSA) is 409 Å². The van der Waals surface area contributed by atoms with E-state index < -0.39 is 65.6 Å². The minimum absolute atomic E-state index is 0. The fraction of sp³-hybridized carbons (Fsp3) is 0.500. The van der Waals surface area contributed by atoms with E-state index in [9.17, 15) is 14.4 Å². The average molecular weight is 703 g/mol. The molecule has 170 valence electrons. The standard InChI is InChI=1S/C6H8O7.4BO3.12Na/c7-3(8)1-6(13,5(11)12)2-4(9)10;4*2-1(3)4;;;;;;;;;;;;/h13H,1-2H2,(H,7,8)(H,9,10)(H,11,12);;;;;;;;;;;;;;;;/q;4*-3;12*+1. The molecule has 0 bridgehead atoms. The van der Waals surface area contributed by atoms with Crippen LogP contribution < -0.4 is 415 Å². The predicted molar refractivity (Wildman–Crippen MR) is 60.1 cm³/mol. The minimum atomic E-state index is -2.92. The van der Waals surface area contributed by atoms with Crippen LogP contribution in [0.5, 0.6) is 0 Å². The number of carboxylic acid groups (broad SMARTS) is 3. The van der Waals surface area contributed by atoms with Crippen molar-refractivity contribution in [3.05, 3.63) is 0 Å². The van der Waals surface area contributed by atoms with E-state index in [0.717, 1.165) is 0 Å². The third-order valence-corrected chi connectivity index (χ3v) is 1.29. The fourth-order valence-electron chi connectivity index (χ4n) is 0.714. The summed E-state index contributed by atoms with van der Waals surface area (Å²) >= 11 is 0. The van der Waals surface area contributed by atoms with E-state index in [1.165, 1.54) is 0 Å². The summed E-state index contributed by atoms with van der Waals surface area (Å²) in [6.07, 6.45) is -2.29. The molecule has 0 aromatic carbocycles. The number of hydrogen-bond acceptors (Lipinski definition) is 16. The first-order chi connectivity index (χ1) is 12.7. The van der Waals surface area contributed by atoms with Crippen molar-refractivity contribution < 1.29 is 450 Å². The molecule has 0 saturated heterocycles. The van der Waals surface area contributed by atoms with E-state index in [2.05, 4.69) is 0 Å². The van der Waals surface area contributed by atoms with Crippen LogP contribution in [0.3, 0.4) is 0 Å². The van der Waals surface area contributed by atoms with Gasteiger partial charge in [0.05, 0.1) is 12.8 Å². The summed E-state index contributed by atoms with van der Waals surface area (Å²) in [5, 5.41) is 135. The number of hydrogen-bond donors (Lipinski definition) is 4. The molecular formula is C6H8B4Na12O19. The van der Waals surface area contributed by atoms with Crippen LogP contribution in [0.25, 0.3) is 0 Å². The Hall–Kier alpha value is 10.1. The zero-order valence-corrected chi connectivity index (χ0v) is 49.6. The molecular weight excluding hydrogens is 695 g/mol. The molecule has 19 nitrogen and oxygen atoms in total. The maximum absolute atomic E-state index is 10.3. The summed E-state index contributed by atoms with van der Waals surface area (Å²) < 4.78 is 0. The Labute approximate surface area is 502 Å². The molecule has 0 fully saturated rings. The van der Waals surface area contributed by atoms with E-state index in [0.29, 0.717) is 0 Å². The van der Waals surface area contributed by atoms with Gasteiger partial charge in [-0.05, 0) is 0 Å². The quantitative estimate of drug-likeness (QED) is 0.193. The summed E-state index contributed by atoms with van der Waals surface area (Å²) in [6, 6.07) is 0. The van der Waals surface area contributed by atoms with Crippen LogP contribution in [0.2, 0.25) is 0 Å². The SMILES string of the molecule is O=C(O)CC(O)(CC(=O)O)C(=O)O.[Na+].[Na+].[Na+].[Na+].[Na+].[Na+].[Na+].[Na+].[Na+].[Na+].[Na+].[Na+].[O-]B([O-])[O-].[O-]B([O-])[O-].[O-]B([O-])[O-].[O-]B([O-])[O-]. The van der Waals surface area contributed by atoms with Gasteiger partial charge in [0.2, 0.25) is 0 Å². The van der Waals surface area contributed by atoms with Gasteiger partial charge in [0.1, 0.15) is 0 Å². The summed E-state index contributed by atoms with van der Waals surface area (Å²) in [7, 11) is -11.7. The monoisotopic (exact) mass is 704 g/mol. The smallest absolute Gasteiger partial charge is 0.907 e. The molecule has 4 N–H and O–H groups in total. The van der Waals surface area contributed by atoms with Crippen LogP contribution in [-0.4, -0.2) is 73.2 Å². The van der Waals surface area contributed by atoms with Crippen molar-refractivity contribution >= 4 is 47.2 Å². The Morgan fingerprint density at radius 3 is 0.561 bits per heavy atom. The van der Waals surface area contributed by atoms with Crippen LogP contribution in [0, 0.1) is 0 Å². The van der Waals surface area contributed by atoms with Gasteiger partial charge in [0, 0.05) is 0 Å². The second-order valence-electron chi connectivity index (χ2n) is 3.63. The van der Waals surface area contributed by atoms with Crippen molar-refractivity contribution in [1.82, 2.24) is 0 Å². The van der Waals surface area contributed by atoms with Gasteiger partial charge in [0.15, 0.2) is 5.60 Å². The Morgan fingerprint density at radius 2 is 0.512 bits per heavy atom. The molecule has 0 spiro atoms. The maximum Gasteiger partial charge on any atom is 1.00 e. The second-order valence-corrected chi connectivity index (χ2v) is 3.63. The van der Waals surface area contributed by atoms with E-state index in [1.807, 2.05) is 0 Å². The molecule has 0 radical (unpaired) electrons. The van der Waals surface area contributed by atoms with Crippen LogP contribution >= 0.6 is 0 Å². The summed E-state index contributed by atoms with van der Waals surface area (Å²) in [5.41, 5.74) is -2.74. The van der Waals surface area contributed by atoms with Crippen molar-refractivity contribution in [2.75, 3.05) is 0 Å². The first kappa shape index (κ1) is 110. The van der Waals surface area contributed by atoms with Crippen LogP contribution in [0.1, 0.15) is 12.8 Å². The molecule has 0 unspecified atom stereocenters. The Morgan fingerprint density at radius 1 is 0.415 bits per heavy atom. The third-order valence-electron chi connectivity index (χ3n) is 1.29. The number of carboxylic acids is 3. The number of rotatable bonds is 5. The van der Waals surface area contributed by atoms with Gasteiger partial charge in [-0.3, -0.25) is 38.9 Å². The van der Waals surface area contributed by atoms with Gasteiger partial charge in [0.25, 0.3) is 0 Å². The fourth-order valence-corrected chi connectivity index (χ4v) is 0.714. The zero-order valence-electron chi connectivity index (χ0n) is 25.6. The Bertz CT molecular complexity index is 398. The van der Waals surface area contributed by atoms with E-state index in [-0.39, 0.29) is 355 Å². The number of aliphatic hydroxyl groups is 1. The number of aliphatic carboxylic acids is 3. The molecule has 0 rings (SSSR count).